The highest BCUT2D eigenvalue weighted by Gasteiger charge is 2.29. The monoisotopic (exact) mass is 486 g/mol. The number of hydrogen-bond donors (Lipinski definition) is 1. The van der Waals surface area contributed by atoms with Crippen molar-refractivity contribution in [2.45, 2.75) is 4.90 Å². The number of sulfonamides is 1. The number of nitrogens with zero attached hydrogens (tertiary/aromatic N) is 1. The van der Waals surface area contributed by atoms with E-state index in [2.05, 4.69) is 5.32 Å². The molecule has 0 atom stereocenters. The molecule has 0 spiro atoms. The zero-order valence-electron chi connectivity index (χ0n) is 19.3. The maximum absolute atomic E-state index is 13.6. The number of para-hydroxylation sites is 2. The lowest BCUT2D eigenvalue weighted by Gasteiger charge is -2.25. The number of carbonyl (C=O) groups is 1. The Labute approximate surface area is 198 Å². The molecule has 9 nitrogen and oxygen atoms in total. The summed E-state index contributed by atoms with van der Waals surface area (Å²) in [6.45, 7) is -0.497. The number of ether oxygens (including phenoxy) is 4. The van der Waals surface area contributed by atoms with Crippen molar-refractivity contribution in [1.29, 1.82) is 0 Å². The first-order valence-corrected chi connectivity index (χ1v) is 11.6. The van der Waals surface area contributed by atoms with Gasteiger partial charge in [0.2, 0.25) is 5.91 Å². The summed E-state index contributed by atoms with van der Waals surface area (Å²) in [7, 11) is 1.78. The third kappa shape index (κ3) is 5.34. The first kappa shape index (κ1) is 24.7. The number of rotatable bonds is 10. The van der Waals surface area contributed by atoms with E-state index in [1.807, 2.05) is 0 Å². The van der Waals surface area contributed by atoms with Gasteiger partial charge in [-0.3, -0.25) is 9.10 Å². The molecular formula is C24H26N2O7S. The maximum atomic E-state index is 13.6. The van der Waals surface area contributed by atoms with E-state index in [0.717, 1.165) is 4.31 Å². The molecule has 0 saturated heterocycles. The molecule has 0 unspecified atom stereocenters. The summed E-state index contributed by atoms with van der Waals surface area (Å²) in [4.78, 5) is 13.0. The number of methoxy groups -OCH3 is 4. The molecule has 10 heteroatoms. The van der Waals surface area contributed by atoms with Gasteiger partial charge in [0.25, 0.3) is 10.0 Å². The van der Waals surface area contributed by atoms with Gasteiger partial charge < -0.3 is 24.3 Å². The molecule has 0 radical (unpaired) electrons. The lowest BCUT2D eigenvalue weighted by atomic mass is 10.2. The van der Waals surface area contributed by atoms with Crippen molar-refractivity contribution in [3.05, 3.63) is 66.7 Å². The molecule has 0 aliphatic carbocycles. The molecule has 3 rings (SSSR count). The van der Waals surface area contributed by atoms with E-state index in [1.165, 1.54) is 52.7 Å². The summed E-state index contributed by atoms with van der Waals surface area (Å²) in [5.41, 5.74) is 0.646. The third-order valence-electron chi connectivity index (χ3n) is 4.96. The Balaban J connectivity index is 1.96. The molecule has 0 aliphatic heterocycles. The number of hydrogen-bond acceptors (Lipinski definition) is 7. The molecule has 0 aromatic heterocycles. The van der Waals surface area contributed by atoms with Crippen LogP contribution in [0.5, 0.6) is 23.0 Å². The van der Waals surface area contributed by atoms with Gasteiger partial charge in [-0.2, -0.15) is 0 Å². The Bertz CT molecular complexity index is 1240. The fourth-order valence-corrected chi connectivity index (χ4v) is 4.69. The van der Waals surface area contributed by atoms with Gasteiger partial charge in [0.15, 0.2) is 11.5 Å². The maximum Gasteiger partial charge on any atom is 0.264 e. The molecular weight excluding hydrogens is 460 g/mol. The topological polar surface area (TPSA) is 103 Å². The highest BCUT2D eigenvalue weighted by atomic mass is 32.2. The van der Waals surface area contributed by atoms with E-state index in [9.17, 15) is 13.2 Å². The van der Waals surface area contributed by atoms with Crippen LogP contribution in [0.25, 0.3) is 0 Å². The Kier molecular flexibility index (Phi) is 7.85. The highest BCUT2D eigenvalue weighted by molar-refractivity contribution is 7.92. The third-order valence-corrected chi connectivity index (χ3v) is 6.73. The average molecular weight is 487 g/mol. The van der Waals surface area contributed by atoms with Crippen molar-refractivity contribution in [1.82, 2.24) is 0 Å². The Hall–Kier alpha value is -3.92. The number of carbonyl (C=O) groups excluding carboxylic acids is 1. The van der Waals surface area contributed by atoms with Gasteiger partial charge in [0.05, 0.1) is 39.0 Å². The zero-order chi connectivity index (χ0) is 24.7. The van der Waals surface area contributed by atoms with Gasteiger partial charge in [-0.25, -0.2) is 8.42 Å². The van der Waals surface area contributed by atoms with Crippen LogP contribution in [0.2, 0.25) is 0 Å². The van der Waals surface area contributed by atoms with Crippen LogP contribution in [0.4, 0.5) is 11.4 Å². The van der Waals surface area contributed by atoms with Crippen LogP contribution in [-0.2, 0) is 14.8 Å². The number of anilines is 2. The summed E-state index contributed by atoms with van der Waals surface area (Å²) < 4.78 is 49.1. The lowest BCUT2D eigenvalue weighted by molar-refractivity contribution is -0.114. The number of nitrogens with one attached hydrogen (secondary N) is 1. The Morgan fingerprint density at radius 2 is 1.44 bits per heavy atom. The minimum Gasteiger partial charge on any atom is -0.497 e. The predicted molar refractivity (Wildman–Crippen MR) is 129 cm³/mol. The van der Waals surface area contributed by atoms with Gasteiger partial charge in [-0.15, -0.1) is 0 Å². The Morgan fingerprint density at radius 1 is 0.794 bits per heavy atom. The van der Waals surface area contributed by atoms with Crippen LogP contribution in [0.1, 0.15) is 0 Å². The standard InChI is InChI=1S/C24H26N2O7S/c1-30-18-10-12-19(13-11-18)34(28,29)26(20-7-5-6-8-21(20)31-2)16-24(27)25-17-9-14-22(32-3)23(15-17)33-4/h5-15H,16H2,1-4H3,(H,25,27). The summed E-state index contributed by atoms with van der Waals surface area (Å²) >= 11 is 0. The van der Waals surface area contributed by atoms with Gasteiger partial charge in [-0.05, 0) is 48.5 Å². The zero-order valence-corrected chi connectivity index (χ0v) is 20.1. The summed E-state index contributed by atoms with van der Waals surface area (Å²) in [6, 6.07) is 17.3. The quantitative estimate of drug-likeness (QED) is 0.467. The van der Waals surface area contributed by atoms with Crippen LogP contribution >= 0.6 is 0 Å². The second-order valence-corrected chi connectivity index (χ2v) is 8.84. The van der Waals surface area contributed by atoms with Crippen molar-refractivity contribution in [3.8, 4) is 23.0 Å². The van der Waals surface area contributed by atoms with Crippen LogP contribution in [0.15, 0.2) is 71.6 Å². The summed E-state index contributed by atoms with van der Waals surface area (Å²) in [6.07, 6.45) is 0. The molecule has 1 N–H and O–H groups in total. The first-order chi connectivity index (χ1) is 16.3. The van der Waals surface area contributed by atoms with Gasteiger partial charge in [0.1, 0.15) is 18.0 Å². The van der Waals surface area contributed by atoms with Crippen molar-refractivity contribution < 1.29 is 32.2 Å². The minimum atomic E-state index is -4.13. The summed E-state index contributed by atoms with van der Waals surface area (Å²) in [5, 5.41) is 2.71. The first-order valence-electron chi connectivity index (χ1n) is 10.2. The lowest BCUT2D eigenvalue weighted by Crippen LogP contribution is -2.38. The average Bonchev–Trinajstić information content (AvgIpc) is 2.87. The van der Waals surface area contributed by atoms with E-state index in [-0.39, 0.29) is 10.6 Å². The Morgan fingerprint density at radius 3 is 2.06 bits per heavy atom. The van der Waals surface area contributed by atoms with Crippen LogP contribution in [0.3, 0.4) is 0 Å². The van der Waals surface area contributed by atoms with Crippen molar-refractivity contribution in [2.75, 3.05) is 44.6 Å². The normalized spacial score (nSPS) is 10.8. The van der Waals surface area contributed by atoms with E-state index in [0.29, 0.717) is 28.7 Å². The van der Waals surface area contributed by atoms with Crippen molar-refractivity contribution in [2.24, 2.45) is 0 Å². The highest BCUT2D eigenvalue weighted by Crippen LogP contribution is 2.33. The van der Waals surface area contributed by atoms with Gasteiger partial charge >= 0.3 is 0 Å². The molecule has 0 bridgehead atoms. The largest absolute Gasteiger partial charge is 0.497 e. The smallest absolute Gasteiger partial charge is 0.264 e. The van der Waals surface area contributed by atoms with E-state index < -0.39 is 22.5 Å². The molecule has 0 aliphatic rings. The second kappa shape index (κ2) is 10.8. The number of benzene rings is 3. The van der Waals surface area contributed by atoms with E-state index in [1.54, 1.807) is 42.5 Å². The van der Waals surface area contributed by atoms with E-state index in [4.69, 9.17) is 18.9 Å². The number of amides is 1. The van der Waals surface area contributed by atoms with E-state index >= 15 is 0 Å². The van der Waals surface area contributed by atoms with Gasteiger partial charge in [0, 0.05) is 11.8 Å². The molecule has 0 heterocycles. The van der Waals surface area contributed by atoms with Crippen LogP contribution < -0.4 is 28.6 Å². The molecule has 1 amide bonds. The summed E-state index contributed by atoms with van der Waals surface area (Å²) in [5.74, 6) is 1.17. The molecule has 180 valence electrons. The van der Waals surface area contributed by atoms with Gasteiger partial charge in [-0.1, -0.05) is 12.1 Å². The molecule has 3 aromatic rings. The van der Waals surface area contributed by atoms with Crippen molar-refractivity contribution >= 4 is 27.3 Å². The molecule has 3 aromatic carbocycles. The fraction of sp³-hybridized carbons (Fsp3) is 0.208. The molecule has 0 saturated carbocycles. The predicted octanol–water partition coefficient (Wildman–Crippen LogP) is 3.56. The fourth-order valence-electron chi connectivity index (χ4n) is 3.26. The van der Waals surface area contributed by atoms with Crippen LogP contribution in [0, 0.1) is 0 Å². The SMILES string of the molecule is COc1ccc(S(=O)(=O)N(CC(=O)Nc2ccc(OC)c(OC)c2)c2ccccc2OC)cc1. The van der Waals surface area contributed by atoms with Crippen molar-refractivity contribution in [3.63, 3.8) is 0 Å². The van der Waals surface area contributed by atoms with Crippen LogP contribution in [-0.4, -0.2) is 49.3 Å². The minimum absolute atomic E-state index is 0.00174. The molecule has 0 fully saturated rings. The second-order valence-electron chi connectivity index (χ2n) is 6.98. The molecule has 34 heavy (non-hydrogen) atoms.